The number of hydrogen-bond acceptors (Lipinski definition) is 6. The van der Waals surface area contributed by atoms with Gasteiger partial charge in [-0.15, -0.1) is 0 Å². The molecule has 0 saturated carbocycles. The smallest absolute Gasteiger partial charge is 0.410 e. The number of hydrogen-bond donors (Lipinski definition) is 1. The van der Waals surface area contributed by atoms with E-state index in [4.69, 9.17) is 9.47 Å². The highest BCUT2D eigenvalue weighted by Gasteiger charge is 2.26. The fourth-order valence-electron chi connectivity index (χ4n) is 5.46. The molecule has 51 heavy (non-hydrogen) atoms. The van der Waals surface area contributed by atoms with E-state index in [1.165, 1.54) is 27.9 Å². The van der Waals surface area contributed by atoms with Crippen molar-refractivity contribution in [1.82, 2.24) is 15.1 Å². The van der Waals surface area contributed by atoms with E-state index >= 15 is 0 Å². The average Bonchev–Trinajstić information content (AvgIpc) is 3.12. The number of nitrogens with one attached hydrogen (secondary N) is 1. The maximum Gasteiger partial charge on any atom is 0.410 e. The van der Waals surface area contributed by atoms with Gasteiger partial charge in [-0.05, 0) is 88.1 Å². The number of rotatable bonds is 3. The average molecular weight is 758 g/mol. The van der Waals surface area contributed by atoms with Crippen molar-refractivity contribution in [3.63, 3.8) is 0 Å². The Morgan fingerprint density at radius 3 is 1.45 bits per heavy atom. The lowest BCUT2D eigenvalue weighted by atomic mass is 10.0. The van der Waals surface area contributed by atoms with Crippen molar-refractivity contribution >= 4 is 33.8 Å². The summed E-state index contributed by atoms with van der Waals surface area (Å²) in [5.74, 6) is 0. The monoisotopic (exact) mass is 756 g/mol. The number of carbonyl (C=O) groups excluding carboxylic acids is 2. The van der Waals surface area contributed by atoms with Crippen molar-refractivity contribution in [2.45, 2.75) is 52.7 Å². The van der Waals surface area contributed by atoms with Crippen LogP contribution in [0.5, 0.6) is 0 Å². The molecule has 4 aromatic carbocycles. The van der Waals surface area contributed by atoms with Crippen molar-refractivity contribution in [2.24, 2.45) is 0 Å². The molecular formula is C42H53BrN4O4. The van der Waals surface area contributed by atoms with Crippen LogP contribution in [0.1, 0.15) is 41.5 Å². The second-order valence-electron chi connectivity index (χ2n) is 14.5. The van der Waals surface area contributed by atoms with Gasteiger partial charge in [-0.25, -0.2) is 9.59 Å². The quantitative estimate of drug-likeness (QED) is 0.225. The Kier molecular flexibility index (Phi) is 14.5. The summed E-state index contributed by atoms with van der Waals surface area (Å²) in [7, 11) is 0. The zero-order chi connectivity index (χ0) is 36.9. The van der Waals surface area contributed by atoms with E-state index in [1.807, 2.05) is 65.8 Å². The predicted octanol–water partition coefficient (Wildman–Crippen LogP) is 9.35. The molecule has 1 N–H and O–H groups in total. The fraction of sp³-hybridized carbons (Fsp3) is 0.381. The van der Waals surface area contributed by atoms with E-state index in [2.05, 4.69) is 111 Å². The van der Waals surface area contributed by atoms with Gasteiger partial charge < -0.3 is 29.5 Å². The SMILES string of the molecule is Brc1cccc(-c2ccccc2)c1.CC(C)(C)OC(=O)N1CCN(c2cccc(-c3ccccc3)c2)CC1.CC(C)(C)OC(=O)N1CCNCC1. The summed E-state index contributed by atoms with van der Waals surface area (Å²) in [6.07, 6.45) is -0.417. The molecule has 0 aliphatic carbocycles. The zero-order valence-corrected chi connectivity index (χ0v) is 32.5. The number of anilines is 1. The van der Waals surface area contributed by atoms with Crippen LogP contribution in [-0.4, -0.2) is 85.5 Å². The normalized spacial score (nSPS) is 14.7. The molecule has 2 fully saturated rings. The molecule has 9 heteroatoms. The maximum absolute atomic E-state index is 12.2. The lowest BCUT2D eigenvalue weighted by molar-refractivity contribution is 0.0223. The lowest BCUT2D eigenvalue weighted by Crippen LogP contribution is -2.50. The first-order chi connectivity index (χ1) is 24.3. The highest BCUT2D eigenvalue weighted by atomic mass is 79.9. The number of ether oxygens (including phenoxy) is 2. The first kappa shape index (κ1) is 39.4. The Labute approximate surface area is 312 Å². The first-order valence-corrected chi connectivity index (χ1v) is 18.4. The summed E-state index contributed by atoms with van der Waals surface area (Å²) in [6.45, 7) is 17.6. The molecule has 0 bridgehead atoms. The second kappa shape index (κ2) is 18.8. The third-order valence-corrected chi connectivity index (χ3v) is 8.44. The van der Waals surface area contributed by atoms with Crippen LogP contribution >= 0.6 is 15.9 Å². The maximum atomic E-state index is 12.2. The van der Waals surface area contributed by atoms with Crippen molar-refractivity contribution in [3.05, 3.63) is 114 Å². The van der Waals surface area contributed by atoms with Gasteiger partial charge in [0.15, 0.2) is 0 Å². The lowest BCUT2D eigenvalue weighted by Gasteiger charge is -2.36. The van der Waals surface area contributed by atoms with Gasteiger partial charge in [0.05, 0.1) is 0 Å². The van der Waals surface area contributed by atoms with Crippen LogP contribution in [-0.2, 0) is 9.47 Å². The molecule has 4 aromatic rings. The minimum Gasteiger partial charge on any atom is -0.444 e. The number of piperazine rings is 2. The molecule has 0 spiro atoms. The molecule has 2 amide bonds. The van der Waals surface area contributed by atoms with Gasteiger partial charge in [0.1, 0.15) is 11.2 Å². The van der Waals surface area contributed by atoms with Crippen LogP contribution in [0.25, 0.3) is 22.3 Å². The summed E-state index contributed by atoms with van der Waals surface area (Å²) in [5, 5.41) is 3.18. The van der Waals surface area contributed by atoms with E-state index in [-0.39, 0.29) is 17.8 Å². The van der Waals surface area contributed by atoms with E-state index < -0.39 is 5.60 Å². The van der Waals surface area contributed by atoms with Crippen LogP contribution in [0.2, 0.25) is 0 Å². The van der Waals surface area contributed by atoms with Crippen molar-refractivity contribution in [1.29, 1.82) is 0 Å². The Morgan fingerprint density at radius 2 is 0.980 bits per heavy atom. The molecule has 6 rings (SSSR count). The van der Waals surface area contributed by atoms with Gasteiger partial charge in [0, 0.05) is 62.5 Å². The number of amides is 2. The van der Waals surface area contributed by atoms with Crippen molar-refractivity contribution < 1.29 is 19.1 Å². The van der Waals surface area contributed by atoms with Gasteiger partial charge in [-0.3, -0.25) is 0 Å². The largest absolute Gasteiger partial charge is 0.444 e. The molecule has 0 unspecified atom stereocenters. The summed E-state index contributed by atoms with van der Waals surface area (Å²) in [6, 6.07) is 37.7. The highest BCUT2D eigenvalue weighted by Crippen LogP contribution is 2.26. The van der Waals surface area contributed by atoms with Gasteiger partial charge in [-0.2, -0.15) is 0 Å². The Balaban J connectivity index is 0.000000189. The van der Waals surface area contributed by atoms with E-state index in [9.17, 15) is 9.59 Å². The minimum absolute atomic E-state index is 0.200. The number of halogens is 1. The molecule has 0 aromatic heterocycles. The summed E-state index contributed by atoms with van der Waals surface area (Å²) in [4.78, 5) is 29.5. The van der Waals surface area contributed by atoms with Crippen LogP contribution in [0, 0.1) is 0 Å². The third kappa shape index (κ3) is 13.7. The predicted molar refractivity (Wildman–Crippen MR) is 212 cm³/mol. The van der Waals surface area contributed by atoms with E-state index in [1.54, 1.807) is 9.80 Å². The van der Waals surface area contributed by atoms with Crippen molar-refractivity contribution in [2.75, 3.05) is 57.3 Å². The van der Waals surface area contributed by atoms with Gasteiger partial charge >= 0.3 is 12.2 Å². The first-order valence-electron chi connectivity index (χ1n) is 17.7. The molecule has 2 heterocycles. The molecule has 2 saturated heterocycles. The van der Waals surface area contributed by atoms with Gasteiger partial charge in [0.2, 0.25) is 0 Å². The Morgan fingerprint density at radius 1 is 0.549 bits per heavy atom. The van der Waals surface area contributed by atoms with Crippen molar-refractivity contribution in [3.8, 4) is 22.3 Å². The number of nitrogens with zero attached hydrogens (tertiary/aromatic N) is 3. The van der Waals surface area contributed by atoms with Crippen LogP contribution in [0.15, 0.2) is 114 Å². The third-order valence-electron chi connectivity index (χ3n) is 7.95. The molecule has 2 aliphatic heterocycles. The topological polar surface area (TPSA) is 74.4 Å². The summed E-state index contributed by atoms with van der Waals surface area (Å²) >= 11 is 3.46. The standard InChI is InChI=1S/C21H26N2O2.C12H9Br.C9H18N2O2/c1-21(2,3)25-20(24)23-14-12-22(13-15-23)19-11-7-10-18(16-19)17-8-5-4-6-9-17;13-12-8-4-7-11(9-12)10-5-2-1-3-6-10;1-9(2,3)13-8(12)11-6-4-10-5-7-11/h4-11,16H,12-15H2,1-3H3;1-9H;10H,4-7H2,1-3H3. The van der Waals surface area contributed by atoms with E-state index in [0.29, 0.717) is 13.1 Å². The molecule has 0 radical (unpaired) electrons. The molecular weight excluding hydrogens is 704 g/mol. The molecule has 0 atom stereocenters. The minimum atomic E-state index is -0.446. The Hall–Kier alpha value is -4.34. The second-order valence-corrected chi connectivity index (χ2v) is 15.4. The van der Waals surface area contributed by atoms with Crippen LogP contribution in [0.4, 0.5) is 15.3 Å². The number of carbonyl (C=O) groups is 2. The number of benzene rings is 4. The van der Waals surface area contributed by atoms with Crippen LogP contribution in [0.3, 0.4) is 0 Å². The van der Waals surface area contributed by atoms with Gasteiger partial charge in [0.25, 0.3) is 0 Å². The zero-order valence-electron chi connectivity index (χ0n) is 30.9. The summed E-state index contributed by atoms with van der Waals surface area (Å²) in [5.41, 5.74) is 5.30. The van der Waals surface area contributed by atoms with E-state index in [0.717, 1.165) is 43.7 Å². The Bertz CT molecular complexity index is 1660. The molecule has 8 nitrogen and oxygen atoms in total. The summed E-state index contributed by atoms with van der Waals surface area (Å²) < 4.78 is 11.8. The van der Waals surface area contributed by atoms with Gasteiger partial charge in [-0.1, -0.05) is 101 Å². The fourth-order valence-corrected chi connectivity index (χ4v) is 5.86. The molecule has 2 aliphatic rings. The molecule has 272 valence electrons. The highest BCUT2D eigenvalue weighted by molar-refractivity contribution is 9.10. The van der Waals surface area contributed by atoms with Crippen LogP contribution < -0.4 is 10.2 Å².